The van der Waals surface area contributed by atoms with Crippen molar-refractivity contribution >= 4 is 17.0 Å². The van der Waals surface area contributed by atoms with Gasteiger partial charge in [0.05, 0.1) is 18.1 Å². The van der Waals surface area contributed by atoms with E-state index in [2.05, 4.69) is 15.5 Å². The molecule has 2 rings (SSSR count). The predicted octanol–water partition coefficient (Wildman–Crippen LogP) is 2.79. The fourth-order valence-electron chi connectivity index (χ4n) is 1.89. The van der Waals surface area contributed by atoms with Gasteiger partial charge in [0.15, 0.2) is 5.75 Å². The van der Waals surface area contributed by atoms with E-state index in [9.17, 15) is 10.1 Å². The molecule has 0 saturated carbocycles. The topological polar surface area (TPSA) is 90.2 Å². The molecule has 0 spiro atoms. The number of methoxy groups -OCH3 is 1. The summed E-state index contributed by atoms with van der Waals surface area (Å²) in [5.74, 6) is 0.231. The molecule has 0 aliphatic heterocycles. The average Bonchev–Trinajstić information content (AvgIpc) is 2.96. The molecule has 0 amide bonds. The lowest BCUT2D eigenvalue weighted by molar-refractivity contribution is -0.385. The molecular weight excluding hydrogens is 292 g/mol. The molecule has 0 aliphatic rings. The summed E-state index contributed by atoms with van der Waals surface area (Å²) in [4.78, 5) is 10.6. The number of nitro groups is 1. The van der Waals surface area contributed by atoms with Gasteiger partial charge in [0, 0.05) is 11.6 Å². The Kier molecular flexibility index (Phi) is 4.81. The van der Waals surface area contributed by atoms with Crippen molar-refractivity contribution in [2.45, 2.75) is 19.9 Å². The molecule has 0 bridgehead atoms. The van der Waals surface area contributed by atoms with E-state index in [1.54, 1.807) is 12.1 Å². The van der Waals surface area contributed by atoms with Crippen LogP contribution in [0.3, 0.4) is 0 Å². The molecule has 7 nitrogen and oxygen atoms in total. The van der Waals surface area contributed by atoms with Gasteiger partial charge in [0.2, 0.25) is 0 Å². The van der Waals surface area contributed by atoms with Gasteiger partial charge in [-0.05, 0) is 25.6 Å². The molecule has 0 fully saturated rings. The summed E-state index contributed by atoms with van der Waals surface area (Å²) in [6, 6.07) is 4.88. The first-order valence-corrected chi connectivity index (χ1v) is 7.28. The highest BCUT2D eigenvalue weighted by atomic mass is 32.1. The lowest BCUT2D eigenvalue weighted by atomic mass is 10.2. The molecule has 2 aromatic rings. The number of nitrogens with one attached hydrogen (secondary N) is 1. The van der Waals surface area contributed by atoms with Crippen LogP contribution in [0, 0.1) is 10.1 Å². The molecule has 0 aliphatic carbocycles. The Balaban J connectivity index is 2.34. The van der Waals surface area contributed by atoms with Crippen LogP contribution in [-0.2, 0) is 0 Å². The van der Waals surface area contributed by atoms with Crippen LogP contribution in [0.1, 0.15) is 24.9 Å². The number of aromatic nitrogens is 2. The predicted molar refractivity (Wildman–Crippen MR) is 80.6 cm³/mol. The summed E-state index contributed by atoms with van der Waals surface area (Å²) >= 11 is 1.42. The fraction of sp³-hybridized carbons (Fsp3) is 0.385. The Hall–Kier alpha value is -2.06. The summed E-state index contributed by atoms with van der Waals surface area (Å²) in [5.41, 5.74) is 0.585. The summed E-state index contributed by atoms with van der Waals surface area (Å²) in [6.45, 7) is 4.86. The van der Waals surface area contributed by atoms with E-state index in [4.69, 9.17) is 4.74 Å². The van der Waals surface area contributed by atoms with Crippen molar-refractivity contribution in [3.05, 3.63) is 33.3 Å². The standard InChI is InChI=1S/C13H16N4O3S/c1-4-14-8(2)12-15-16-13(21-12)9-5-6-11(20-3)10(7-9)17(18)19/h5-8,14H,4H2,1-3H3. The van der Waals surface area contributed by atoms with Gasteiger partial charge in [0.25, 0.3) is 0 Å². The van der Waals surface area contributed by atoms with Gasteiger partial charge in [-0.1, -0.05) is 18.3 Å². The van der Waals surface area contributed by atoms with E-state index in [0.29, 0.717) is 10.6 Å². The molecule has 112 valence electrons. The van der Waals surface area contributed by atoms with E-state index in [0.717, 1.165) is 11.6 Å². The number of ether oxygens (including phenoxy) is 1. The zero-order valence-electron chi connectivity index (χ0n) is 12.0. The van der Waals surface area contributed by atoms with E-state index in [-0.39, 0.29) is 17.5 Å². The summed E-state index contributed by atoms with van der Waals surface area (Å²) in [7, 11) is 1.41. The summed E-state index contributed by atoms with van der Waals surface area (Å²) in [5, 5.41) is 24.0. The maximum atomic E-state index is 11.0. The van der Waals surface area contributed by atoms with Gasteiger partial charge in [-0.25, -0.2) is 0 Å². The van der Waals surface area contributed by atoms with Gasteiger partial charge in [-0.15, -0.1) is 10.2 Å². The number of nitro benzene ring substituents is 1. The third kappa shape index (κ3) is 3.34. The zero-order valence-corrected chi connectivity index (χ0v) is 12.8. The molecule has 1 unspecified atom stereocenters. The molecule has 0 saturated heterocycles. The van der Waals surface area contributed by atoms with Gasteiger partial charge >= 0.3 is 5.69 Å². The minimum Gasteiger partial charge on any atom is -0.490 e. The van der Waals surface area contributed by atoms with Crippen molar-refractivity contribution in [2.24, 2.45) is 0 Å². The van der Waals surface area contributed by atoms with Crippen LogP contribution in [-0.4, -0.2) is 28.8 Å². The molecule has 1 aromatic carbocycles. The van der Waals surface area contributed by atoms with Crippen LogP contribution in [0.5, 0.6) is 5.75 Å². The van der Waals surface area contributed by atoms with Crippen LogP contribution < -0.4 is 10.1 Å². The summed E-state index contributed by atoms with van der Waals surface area (Å²) < 4.78 is 4.99. The van der Waals surface area contributed by atoms with Gasteiger partial charge in [-0.2, -0.15) is 0 Å². The van der Waals surface area contributed by atoms with E-state index in [1.165, 1.54) is 24.5 Å². The monoisotopic (exact) mass is 308 g/mol. The first-order chi connectivity index (χ1) is 10.1. The van der Waals surface area contributed by atoms with Crippen molar-refractivity contribution in [1.29, 1.82) is 0 Å². The number of hydrogen-bond donors (Lipinski definition) is 1. The lowest BCUT2D eigenvalue weighted by Crippen LogP contribution is -2.17. The molecular formula is C13H16N4O3S. The minimum atomic E-state index is -0.467. The molecule has 1 heterocycles. The first kappa shape index (κ1) is 15.3. The minimum absolute atomic E-state index is 0.0773. The van der Waals surface area contributed by atoms with Gasteiger partial charge in [0.1, 0.15) is 10.0 Å². The van der Waals surface area contributed by atoms with E-state index in [1.807, 2.05) is 13.8 Å². The van der Waals surface area contributed by atoms with Crippen LogP contribution in [0.15, 0.2) is 18.2 Å². The van der Waals surface area contributed by atoms with Gasteiger partial charge in [-0.3, -0.25) is 10.1 Å². The quantitative estimate of drug-likeness (QED) is 0.652. The zero-order chi connectivity index (χ0) is 15.4. The normalized spacial score (nSPS) is 12.1. The molecule has 1 aromatic heterocycles. The Morgan fingerprint density at radius 3 is 2.86 bits per heavy atom. The van der Waals surface area contributed by atoms with Crippen LogP contribution in [0.2, 0.25) is 0 Å². The van der Waals surface area contributed by atoms with Crippen molar-refractivity contribution in [1.82, 2.24) is 15.5 Å². The van der Waals surface area contributed by atoms with Crippen LogP contribution in [0.4, 0.5) is 5.69 Å². The highest BCUT2D eigenvalue weighted by Gasteiger charge is 2.18. The SMILES string of the molecule is CCNC(C)c1nnc(-c2ccc(OC)c([N+](=O)[O-])c2)s1. The third-order valence-electron chi connectivity index (χ3n) is 2.94. The highest BCUT2D eigenvalue weighted by Crippen LogP contribution is 2.34. The lowest BCUT2D eigenvalue weighted by Gasteiger charge is -2.06. The third-order valence-corrected chi connectivity index (χ3v) is 4.10. The molecule has 8 heteroatoms. The van der Waals surface area contributed by atoms with Gasteiger partial charge < -0.3 is 10.1 Å². The molecule has 21 heavy (non-hydrogen) atoms. The number of nitrogens with zero attached hydrogens (tertiary/aromatic N) is 3. The number of rotatable bonds is 6. The largest absolute Gasteiger partial charge is 0.490 e. The number of hydrogen-bond acceptors (Lipinski definition) is 7. The molecule has 0 radical (unpaired) electrons. The Labute approximate surface area is 126 Å². The molecule has 1 N–H and O–H groups in total. The second-order valence-corrected chi connectivity index (χ2v) is 5.38. The average molecular weight is 308 g/mol. The van der Waals surface area contributed by atoms with E-state index >= 15 is 0 Å². The Bertz CT molecular complexity index is 644. The second-order valence-electron chi connectivity index (χ2n) is 4.37. The van der Waals surface area contributed by atoms with Crippen LogP contribution >= 0.6 is 11.3 Å². The summed E-state index contributed by atoms with van der Waals surface area (Å²) in [6.07, 6.45) is 0. The smallest absolute Gasteiger partial charge is 0.311 e. The number of benzene rings is 1. The molecule has 1 atom stereocenters. The second kappa shape index (κ2) is 6.59. The van der Waals surface area contributed by atoms with Crippen molar-refractivity contribution in [3.8, 4) is 16.3 Å². The van der Waals surface area contributed by atoms with Crippen molar-refractivity contribution in [2.75, 3.05) is 13.7 Å². The van der Waals surface area contributed by atoms with Crippen LogP contribution in [0.25, 0.3) is 10.6 Å². The fourth-order valence-corrected chi connectivity index (χ4v) is 2.75. The Morgan fingerprint density at radius 2 is 2.24 bits per heavy atom. The Morgan fingerprint density at radius 1 is 1.48 bits per heavy atom. The van der Waals surface area contributed by atoms with Crippen molar-refractivity contribution < 1.29 is 9.66 Å². The maximum Gasteiger partial charge on any atom is 0.311 e. The highest BCUT2D eigenvalue weighted by molar-refractivity contribution is 7.14. The van der Waals surface area contributed by atoms with Crippen molar-refractivity contribution in [3.63, 3.8) is 0 Å². The maximum absolute atomic E-state index is 11.0. The van der Waals surface area contributed by atoms with E-state index < -0.39 is 4.92 Å². The first-order valence-electron chi connectivity index (χ1n) is 6.46.